The molecule has 2 unspecified atom stereocenters. The van der Waals surface area contributed by atoms with E-state index in [1.165, 1.54) is 38.5 Å². The normalized spacial score (nSPS) is 19.5. The van der Waals surface area contributed by atoms with Crippen LogP contribution in [-0.2, 0) is 4.79 Å². The van der Waals surface area contributed by atoms with Gasteiger partial charge in [0.2, 0.25) is 5.91 Å². The first-order valence-electron chi connectivity index (χ1n) is 9.84. The third-order valence-corrected chi connectivity index (χ3v) is 4.77. The minimum Gasteiger partial charge on any atom is -0.389 e. The predicted molar refractivity (Wildman–Crippen MR) is 104 cm³/mol. The summed E-state index contributed by atoms with van der Waals surface area (Å²) in [5, 5.41) is 10.0. The lowest BCUT2D eigenvalue weighted by Gasteiger charge is -2.34. The van der Waals surface area contributed by atoms with Gasteiger partial charge in [0.15, 0.2) is 0 Å². The van der Waals surface area contributed by atoms with E-state index >= 15 is 0 Å². The number of aliphatic hydroxyl groups is 1. The molecule has 24 heavy (non-hydrogen) atoms. The van der Waals surface area contributed by atoms with Crippen LogP contribution in [0.5, 0.6) is 0 Å². The van der Waals surface area contributed by atoms with Gasteiger partial charge in [0.1, 0.15) is 0 Å². The largest absolute Gasteiger partial charge is 0.389 e. The van der Waals surface area contributed by atoms with Gasteiger partial charge in [0, 0.05) is 13.0 Å². The van der Waals surface area contributed by atoms with Crippen molar-refractivity contribution in [2.45, 2.75) is 110 Å². The van der Waals surface area contributed by atoms with Gasteiger partial charge in [0.05, 0.1) is 12.1 Å². The number of carbonyl (C=O) groups excluding carboxylic acids is 1. The Balaban J connectivity index is 0.00000529. The number of hydrogen-bond donors (Lipinski definition) is 1. The maximum Gasteiger partial charge on any atom is 0.223 e. The van der Waals surface area contributed by atoms with Gasteiger partial charge in [-0.2, -0.15) is 0 Å². The van der Waals surface area contributed by atoms with Crippen molar-refractivity contribution < 1.29 is 9.90 Å². The Morgan fingerprint density at radius 3 is 2.50 bits per heavy atom. The van der Waals surface area contributed by atoms with E-state index in [2.05, 4.69) is 19.9 Å². The maximum atomic E-state index is 12.2. The molecule has 0 aromatic carbocycles. The molecular weight excluding hydrogens is 298 g/mol. The molecule has 0 radical (unpaired) electrons. The molecule has 0 saturated carbocycles. The smallest absolute Gasteiger partial charge is 0.223 e. The van der Waals surface area contributed by atoms with Gasteiger partial charge in [-0.15, -0.1) is 0 Å². The molecule has 142 valence electrons. The molecular formula is C21H41NO2. The Morgan fingerprint density at radius 2 is 1.79 bits per heavy atom. The van der Waals surface area contributed by atoms with Crippen LogP contribution in [-0.4, -0.2) is 34.6 Å². The summed E-state index contributed by atoms with van der Waals surface area (Å²) in [6.07, 6.45) is 16.8. The van der Waals surface area contributed by atoms with E-state index in [4.69, 9.17) is 0 Å². The first-order valence-corrected chi connectivity index (χ1v) is 9.84. The SMILES string of the molecule is C.CCCCCCCN1C(=O)CCCC1/C=C/C(O)CCCCC. The van der Waals surface area contributed by atoms with Gasteiger partial charge in [0.25, 0.3) is 0 Å². The van der Waals surface area contributed by atoms with E-state index < -0.39 is 0 Å². The Morgan fingerprint density at radius 1 is 1.12 bits per heavy atom. The van der Waals surface area contributed by atoms with Crippen molar-refractivity contribution >= 4 is 5.91 Å². The monoisotopic (exact) mass is 339 g/mol. The van der Waals surface area contributed by atoms with Crippen LogP contribution in [0.1, 0.15) is 98.3 Å². The fraction of sp³-hybridized carbons (Fsp3) is 0.857. The zero-order valence-corrected chi connectivity index (χ0v) is 15.3. The fourth-order valence-corrected chi connectivity index (χ4v) is 3.28. The summed E-state index contributed by atoms with van der Waals surface area (Å²) in [7, 11) is 0. The number of aliphatic hydroxyl groups excluding tert-OH is 1. The molecule has 3 nitrogen and oxygen atoms in total. The van der Waals surface area contributed by atoms with Crippen molar-refractivity contribution in [1.82, 2.24) is 4.90 Å². The number of nitrogens with zero attached hydrogens (tertiary/aromatic N) is 1. The van der Waals surface area contributed by atoms with Crippen molar-refractivity contribution in [3.8, 4) is 0 Å². The molecule has 1 N–H and O–H groups in total. The van der Waals surface area contributed by atoms with E-state index in [-0.39, 0.29) is 19.6 Å². The molecule has 0 aliphatic carbocycles. The molecule has 0 aromatic rings. The highest BCUT2D eigenvalue weighted by molar-refractivity contribution is 5.77. The van der Waals surface area contributed by atoms with E-state index in [1.54, 1.807) is 0 Å². The summed E-state index contributed by atoms with van der Waals surface area (Å²) in [4.78, 5) is 14.3. The quantitative estimate of drug-likeness (QED) is 0.378. The van der Waals surface area contributed by atoms with Gasteiger partial charge in [-0.05, 0) is 25.7 Å². The second-order valence-electron chi connectivity index (χ2n) is 6.91. The zero-order chi connectivity index (χ0) is 16.9. The van der Waals surface area contributed by atoms with Crippen LogP contribution in [0.15, 0.2) is 12.2 Å². The molecule has 0 bridgehead atoms. The zero-order valence-electron chi connectivity index (χ0n) is 15.3. The number of likely N-dealkylation sites (tertiary alicyclic amines) is 1. The highest BCUT2D eigenvalue weighted by Gasteiger charge is 2.25. The lowest BCUT2D eigenvalue weighted by atomic mass is 9.99. The molecule has 1 fully saturated rings. The molecule has 0 spiro atoms. The van der Waals surface area contributed by atoms with E-state index in [0.717, 1.165) is 38.6 Å². The molecule has 1 saturated heterocycles. The van der Waals surface area contributed by atoms with Gasteiger partial charge in [-0.25, -0.2) is 0 Å². The lowest BCUT2D eigenvalue weighted by molar-refractivity contribution is -0.135. The van der Waals surface area contributed by atoms with Crippen molar-refractivity contribution in [1.29, 1.82) is 0 Å². The van der Waals surface area contributed by atoms with Crippen molar-refractivity contribution in [2.24, 2.45) is 0 Å². The Bertz CT molecular complexity index is 341. The Labute approximate surface area is 150 Å². The number of amides is 1. The maximum absolute atomic E-state index is 12.2. The molecule has 1 heterocycles. The number of unbranched alkanes of at least 4 members (excludes halogenated alkanes) is 6. The molecule has 2 atom stereocenters. The highest BCUT2D eigenvalue weighted by atomic mass is 16.3. The average Bonchev–Trinajstić information content (AvgIpc) is 2.54. The number of hydrogen-bond acceptors (Lipinski definition) is 2. The van der Waals surface area contributed by atoms with Gasteiger partial charge in [-0.3, -0.25) is 4.79 Å². The van der Waals surface area contributed by atoms with Crippen LogP contribution in [0, 0.1) is 0 Å². The standard InChI is InChI=1S/C20H37NO2.CH4/c1-3-5-7-8-10-17-21-18(12-11-14-20(21)23)15-16-19(22)13-9-6-4-2;/h15-16,18-19,22H,3-14,17H2,1-2H3;1H4/b16-15+;. The molecule has 1 aliphatic heterocycles. The first-order chi connectivity index (χ1) is 11.2. The summed E-state index contributed by atoms with van der Waals surface area (Å²) >= 11 is 0. The minimum atomic E-state index is -0.356. The molecule has 1 aliphatic rings. The minimum absolute atomic E-state index is 0. The summed E-state index contributed by atoms with van der Waals surface area (Å²) in [5.74, 6) is 0.293. The van der Waals surface area contributed by atoms with Crippen LogP contribution in [0.2, 0.25) is 0 Å². The number of rotatable bonds is 12. The van der Waals surface area contributed by atoms with E-state index in [0.29, 0.717) is 12.3 Å². The van der Waals surface area contributed by atoms with Gasteiger partial charge >= 0.3 is 0 Å². The molecule has 3 heteroatoms. The Kier molecular flexibility index (Phi) is 14.0. The third-order valence-electron chi connectivity index (χ3n) is 4.77. The highest BCUT2D eigenvalue weighted by Crippen LogP contribution is 2.21. The topological polar surface area (TPSA) is 40.5 Å². The third kappa shape index (κ3) is 9.46. The second-order valence-corrected chi connectivity index (χ2v) is 6.91. The fourth-order valence-electron chi connectivity index (χ4n) is 3.28. The summed E-state index contributed by atoms with van der Waals surface area (Å²) in [6, 6.07) is 0.197. The summed E-state index contributed by atoms with van der Waals surface area (Å²) in [6.45, 7) is 5.28. The molecule has 0 aromatic heterocycles. The van der Waals surface area contributed by atoms with E-state index in [9.17, 15) is 9.90 Å². The van der Waals surface area contributed by atoms with Crippen LogP contribution in [0.25, 0.3) is 0 Å². The van der Waals surface area contributed by atoms with Crippen LogP contribution in [0.4, 0.5) is 0 Å². The first kappa shape index (κ1) is 23.2. The molecule has 1 rings (SSSR count). The van der Waals surface area contributed by atoms with Crippen molar-refractivity contribution in [3.05, 3.63) is 12.2 Å². The van der Waals surface area contributed by atoms with Crippen molar-refractivity contribution in [2.75, 3.05) is 6.54 Å². The lowest BCUT2D eigenvalue weighted by Crippen LogP contribution is -2.43. The van der Waals surface area contributed by atoms with Crippen LogP contribution in [0.3, 0.4) is 0 Å². The van der Waals surface area contributed by atoms with Crippen LogP contribution >= 0.6 is 0 Å². The van der Waals surface area contributed by atoms with Crippen molar-refractivity contribution in [3.63, 3.8) is 0 Å². The molecule has 1 amide bonds. The average molecular weight is 340 g/mol. The second kappa shape index (κ2) is 14.5. The summed E-state index contributed by atoms with van der Waals surface area (Å²) < 4.78 is 0. The van der Waals surface area contributed by atoms with E-state index in [1.807, 2.05) is 11.0 Å². The summed E-state index contributed by atoms with van der Waals surface area (Å²) in [5.41, 5.74) is 0. The van der Waals surface area contributed by atoms with Crippen LogP contribution < -0.4 is 0 Å². The van der Waals surface area contributed by atoms with Gasteiger partial charge < -0.3 is 10.0 Å². The number of carbonyl (C=O) groups is 1. The Hall–Kier alpha value is -0.830. The number of piperidine rings is 1. The van der Waals surface area contributed by atoms with Gasteiger partial charge in [-0.1, -0.05) is 78.4 Å². The predicted octanol–water partition coefficient (Wildman–Crippen LogP) is 5.47.